The van der Waals surface area contributed by atoms with Crippen LogP contribution in [-0.4, -0.2) is 49.3 Å². The third-order valence-electron chi connectivity index (χ3n) is 4.67. The van der Waals surface area contributed by atoms with Gasteiger partial charge in [0.15, 0.2) is 6.61 Å². The monoisotopic (exact) mass is 422 g/mol. The Bertz CT molecular complexity index is 834. The number of nitrogens with zero attached hydrogens (tertiary/aromatic N) is 1. The standard InChI is InChI=1S/C21H24ClFN2O4/c1-14-12-28-18(8-9-27-17-5-3-16(23)4-6-17)11-25(14)21(26)13-29-20-7-2-15(22)10-19(20)24/h2-7,10,14,18H,8-9,11-13,24H2,1H3/t14-,18-/m0/s1. The van der Waals surface area contributed by atoms with Gasteiger partial charge in [-0.1, -0.05) is 11.6 Å². The summed E-state index contributed by atoms with van der Waals surface area (Å²) in [5.74, 6) is 0.573. The number of nitrogen functional groups attached to an aromatic ring is 1. The van der Waals surface area contributed by atoms with Gasteiger partial charge in [-0.3, -0.25) is 4.79 Å². The predicted molar refractivity (Wildman–Crippen MR) is 109 cm³/mol. The van der Waals surface area contributed by atoms with Crippen molar-refractivity contribution >= 4 is 23.2 Å². The summed E-state index contributed by atoms with van der Waals surface area (Å²) in [6.07, 6.45) is 0.468. The Morgan fingerprint density at radius 3 is 2.76 bits per heavy atom. The minimum atomic E-state index is -0.307. The number of halogens is 2. The van der Waals surface area contributed by atoms with E-state index in [1.165, 1.54) is 12.1 Å². The van der Waals surface area contributed by atoms with E-state index < -0.39 is 0 Å². The third kappa shape index (κ3) is 5.98. The summed E-state index contributed by atoms with van der Waals surface area (Å²) < 4.78 is 29.9. The van der Waals surface area contributed by atoms with Crippen molar-refractivity contribution in [3.05, 3.63) is 53.3 Å². The van der Waals surface area contributed by atoms with Crippen LogP contribution in [-0.2, 0) is 9.53 Å². The first kappa shape index (κ1) is 21.2. The molecule has 2 atom stereocenters. The fourth-order valence-electron chi connectivity index (χ4n) is 3.05. The first-order valence-corrected chi connectivity index (χ1v) is 9.77. The summed E-state index contributed by atoms with van der Waals surface area (Å²) in [6, 6.07) is 10.7. The maximum atomic E-state index is 12.9. The molecule has 1 aliphatic heterocycles. The SMILES string of the molecule is C[C@H]1CO[C@@H](CCOc2ccc(F)cc2)CN1C(=O)COc1ccc(Cl)cc1N. The average molecular weight is 423 g/mol. The van der Waals surface area contributed by atoms with Crippen LogP contribution >= 0.6 is 11.6 Å². The minimum absolute atomic E-state index is 0.0528. The largest absolute Gasteiger partial charge is 0.493 e. The molecular weight excluding hydrogens is 399 g/mol. The highest BCUT2D eigenvalue weighted by Gasteiger charge is 2.29. The second-order valence-corrected chi connectivity index (χ2v) is 7.35. The molecule has 2 N–H and O–H groups in total. The van der Waals surface area contributed by atoms with Crippen LogP contribution in [0.15, 0.2) is 42.5 Å². The van der Waals surface area contributed by atoms with E-state index in [4.69, 9.17) is 31.5 Å². The molecule has 1 heterocycles. The van der Waals surface area contributed by atoms with Crippen molar-refractivity contribution < 1.29 is 23.4 Å². The van der Waals surface area contributed by atoms with E-state index in [1.807, 2.05) is 6.92 Å². The second kappa shape index (κ2) is 9.80. The smallest absolute Gasteiger partial charge is 0.260 e. The van der Waals surface area contributed by atoms with Gasteiger partial charge < -0.3 is 24.8 Å². The Hall–Kier alpha value is -2.51. The molecule has 0 aromatic heterocycles. The number of hydrogen-bond donors (Lipinski definition) is 1. The third-order valence-corrected chi connectivity index (χ3v) is 4.91. The number of nitrogens with two attached hydrogens (primary N) is 1. The zero-order valence-corrected chi connectivity index (χ0v) is 16.9. The number of carbonyl (C=O) groups excluding carboxylic acids is 1. The lowest BCUT2D eigenvalue weighted by Crippen LogP contribution is -2.52. The van der Waals surface area contributed by atoms with Crippen molar-refractivity contribution in [2.45, 2.75) is 25.5 Å². The lowest BCUT2D eigenvalue weighted by molar-refractivity contribution is -0.146. The summed E-state index contributed by atoms with van der Waals surface area (Å²) in [6.45, 7) is 3.11. The number of benzene rings is 2. The van der Waals surface area contributed by atoms with Crippen LogP contribution in [0.2, 0.25) is 5.02 Å². The Labute approximate surface area is 174 Å². The van der Waals surface area contributed by atoms with Gasteiger partial charge in [0.05, 0.1) is 31.0 Å². The van der Waals surface area contributed by atoms with E-state index in [0.717, 1.165) is 0 Å². The lowest BCUT2D eigenvalue weighted by Gasteiger charge is -2.38. The maximum absolute atomic E-state index is 12.9. The zero-order valence-electron chi connectivity index (χ0n) is 16.1. The number of morpholine rings is 1. The van der Waals surface area contributed by atoms with Gasteiger partial charge in [0.2, 0.25) is 0 Å². The molecule has 0 bridgehead atoms. The van der Waals surface area contributed by atoms with E-state index in [1.54, 1.807) is 35.2 Å². The van der Waals surface area contributed by atoms with Crippen LogP contribution < -0.4 is 15.2 Å². The van der Waals surface area contributed by atoms with Gasteiger partial charge in [0.1, 0.15) is 17.3 Å². The highest BCUT2D eigenvalue weighted by Crippen LogP contribution is 2.25. The molecule has 0 spiro atoms. The van der Waals surface area contributed by atoms with Crippen molar-refractivity contribution in [2.75, 3.05) is 32.1 Å². The van der Waals surface area contributed by atoms with E-state index in [9.17, 15) is 9.18 Å². The molecule has 1 saturated heterocycles. The van der Waals surface area contributed by atoms with Crippen LogP contribution in [0.25, 0.3) is 0 Å². The molecule has 29 heavy (non-hydrogen) atoms. The molecule has 8 heteroatoms. The van der Waals surface area contributed by atoms with Crippen LogP contribution in [0.5, 0.6) is 11.5 Å². The highest BCUT2D eigenvalue weighted by molar-refractivity contribution is 6.30. The molecule has 3 rings (SSSR count). The van der Waals surface area contributed by atoms with Crippen LogP contribution in [0.4, 0.5) is 10.1 Å². The fourth-order valence-corrected chi connectivity index (χ4v) is 3.23. The number of ether oxygens (including phenoxy) is 3. The Kier molecular flexibility index (Phi) is 7.17. The van der Waals surface area contributed by atoms with Gasteiger partial charge in [0, 0.05) is 18.0 Å². The van der Waals surface area contributed by atoms with Gasteiger partial charge in [-0.05, 0) is 49.4 Å². The van der Waals surface area contributed by atoms with E-state index >= 15 is 0 Å². The highest BCUT2D eigenvalue weighted by atomic mass is 35.5. The number of carbonyl (C=O) groups is 1. The topological polar surface area (TPSA) is 74.0 Å². The Balaban J connectivity index is 1.48. The minimum Gasteiger partial charge on any atom is -0.493 e. The molecule has 156 valence electrons. The molecule has 1 aliphatic rings. The van der Waals surface area contributed by atoms with Crippen LogP contribution in [0.1, 0.15) is 13.3 Å². The quantitative estimate of drug-likeness (QED) is 0.691. The van der Waals surface area contributed by atoms with Crippen molar-refractivity contribution in [2.24, 2.45) is 0 Å². The lowest BCUT2D eigenvalue weighted by atomic mass is 10.1. The van der Waals surface area contributed by atoms with Crippen LogP contribution in [0.3, 0.4) is 0 Å². The number of rotatable bonds is 7. The summed E-state index contributed by atoms with van der Waals surface area (Å²) >= 11 is 5.87. The molecule has 6 nitrogen and oxygen atoms in total. The molecule has 2 aromatic rings. The first-order valence-electron chi connectivity index (χ1n) is 9.39. The fraction of sp³-hybridized carbons (Fsp3) is 0.381. The van der Waals surface area contributed by atoms with E-state index in [0.29, 0.717) is 48.4 Å². The van der Waals surface area contributed by atoms with Crippen molar-refractivity contribution in [1.29, 1.82) is 0 Å². The Morgan fingerprint density at radius 1 is 1.28 bits per heavy atom. The van der Waals surface area contributed by atoms with Gasteiger partial charge in [0.25, 0.3) is 5.91 Å². The van der Waals surface area contributed by atoms with Crippen molar-refractivity contribution in [3.63, 3.8) is 0 Å². The average Bonchev–Trinajstić information content (AvgIpc) is 2.70. The molecule has 0 aliphatic carbocycles. The van der Waals surface area contributed by atoms with Gasteiger partial charge in [-0.2, -0.15) is 0 Å². The summed E-state index contributed by atoms with van der Waals surface area (Å²) in [5, 5.41) is 0.508. The molecule has 1 fully saturated rings. The predicted octanol–water partition coefficient (Wildman–Crippen LogP) is 3.53. The van der Waals surface area contributed by atoms with Gasteiger partial charge in [-0.25, -0.2) is 4.39 Å². The van der Waals surface area contributed by atoms with Gasteiger partial charge in [-0.15, -0.1) is 0 Å². The number of hydrogen-bond acceptors (Lipinski definition) is 5. The molecule has 0 saturated carbocycles. The van der Waals surface area contributed by atoms with Gasteiger partial charge >= 0.3 is 0 Å². The number of anilines is 1. The molecule has 1 amide bonds. The zero-order chi connectivity index (χ0) is 20.8. The normalized spacial score (nSPS) is 19.1. The number of amides is 1. The molecule has 0 unspecified atom stereocenters. The molecule has 2 aromatic carbocycles. The maximum Gasteiger partial charge on any atom is 0.260 e. The second-order valence-electron chi connectivity index (χ2n) is 6.91. The molecule has 0 radical (unpaired) electrons. The van der Waals surface area contributed by atoms with Crippen molar-refractivity contribution in [3.8, 4) is 11.5 Å². The Morgan fingerprint density at radius 2 is 2.03 bits per heavy atom. The van der Waals surface area contributed by atoms with E-state index in [-0.39, 0.29) is 30.5 Å². The van der Waals surface area contributed by atoms with Crippen LogP contribution in [0, 0.1) is 5.82 Å². The first-order chi connectivity index (χ1) is 13.9. The van der Waals surface area contributed by atoms with Crippen molar-refractivity contribution in [1.82, 2.24) is 4.90 Å². The summed E-state index contributed by atoms with van der Waals surface area (Å²) in [7, 11) is 0. The van der Waals surface area contributed by atoms with E-state index in [2.05, 4.69) is 0 Å². The summed E-state index contributed by atoms with van der Waals surface area (Å²) in [4.78, 5) is 14.4. The molecular formula is C21H24ClFN2O4. The summed E-state index contributed by atoms with van der Waals surface area (Å²) in [5.41, 5.74) is 6.24.